The van der Waals surface area contributed by atoms with Gasteiger partial charge in [0.1, 0.15) is 0 Å². The summed E-state index contributed by atoms with van der Waals surface area (Å²) in [5.41, 5.74) is 0.809. The van der Waals surface area contributed by atoms with Crippen LogP contribution in [0.3, 0.4) is 0 Å². The third kappa shape index (κ3) is 2.73. The summed E-state index contributed by atoms with van der Waals surface area (Å²) in [5, 5.41) is 1.99. The van der Waals surface area contributed by atoms with E-state index in [1.54, 1.807) is 11.3 Å². The maximum Gasteiger partial charge on any atom is 0.169 e. The average molecular weight is 407 g/mol. The highest BCUT2D eigenvalue weighted by Gasteiger charge is 2.12. The second-order valence-electron chi connectivity index (χ2n) is 3.27. The number of rotatable bonds is 3. The summed E-state index contributed by atoms with van der Waals surface area (Å²) in [6, 6.07) is 9.66. The molecule has 1 aromatic heterocycles. The van der Waals surface area contributed by atoms with Gasteiger partial charge in [-0.05, 0) is 56.0 Å². The summed E-state index contributed by atoms with van der Waals surface area (Å²) in [5.74, 6) is 0.174. The second-order valence-corrected chi connectivity index (χ2v) is 6.29. The Bertz CT molecular complexity index is 521. The van der Waals surface area contributed by atoms with E-state index in [1.165, 1.54) is 0 Å². The molecule has 0 atom stereocenters. The van der Waals surface area contributed by atoms with Crippen LogP contribution in [0.1, 0.15) is 15.2 Å². The minimum atomic E-state index is 0.174. The van der Waals surface area contributed by atoms with E-state index >= 15 is 0 Å². The monoisotopic (exact) mass is 406 g/mol. The normalized spacial score (nSPS) is 10.4. The first-order valence-electron chi connectivity index (χ1n) is 4.68. The maximum atomic E-state index is 12.1. The van der Waals surface area contributed by atoms with E-state index in [1.807, 2.05) is 35.7 Å². The number of ketones is 1. The van der Waals surface area contributed by atoms with Crippen molar-refractivity contribution in [3.05, 3.63) is 54.2 Å². The van der Waals surface area contributed by atoms with Crippen LogP contribution in [0, 0.1) is 3.57 Å². The van der Waals surface area contributed by atoms with Crippen LogP contribution in [-0.4, -0.2) is 5.78 Å². The molecule has 16 heavy (non-hydrogen) atoms. The third-order valence-corrected chi connectivity index (χ3v) is 5.05. The summed E-state index contributed by atoms with van der Waals surface area (Å²) in [6.07, 6.45) is 0.471. The molecule has 0 aliphatic carbocycles. The molecule has 0 N–H and O–H groups in total. The SMILES string of the molecule is O=C(Cc1sccc1Br)c1ccccc1I. The van der Waals surface area contributed by atoms with Crippen molar-refractivity contribution < 1.29 is 4.79 Å². The highest BCUT2D eigenvalue weighted by atomic mass is 127. The topological polar surface area (TPSA) is 17.1 Å². The van der Waals surface area contributed by atoms with Gasteiger partial charge < -0.3 is 0 Å². The number of carbonyl (C=O) groups is 1. The molecule has 0 saturated carbocycles. The molecule has 0 fully saturated rings. The molecule has 2 aromatic rings. The van der Waals surface area contributed by atoms with E-state index < -0.39 is 0 Å². The first kappa shape index (κ1) is 12.3. The number of halogens is 2. The Morgan fingerprint density at radius 3 is 2.69 bits per heavy atom. The summed E-state index contributed by atoms with van der Waals surface area (Å²) in [4.78, 5) is 13.2. The molecule has 4 heteroatoms. The quantitative estimate of drug-likeness (QED) is 0.540. The van der Waals surface area contributed by atoms with Gasteiger partial charge in [-0.25, -0.2) is 0 Å². The zero-order valence-corrected chi connectivity index (χ0v) is 12.8. The molecule has 1 heterocycles. The van der Waals surface area contributed by atoms with E-state index in [9.17, 15) is 4.79 Å². The van der Waals surface area contributed by atoms with Crippen LogP contribution in [0.2, 0.25) is 0 Å². The number of benzene rings is 1. The molecule has 82 valence electrons. The molecule has 0 aliphatic heterocycles. The summed E-state index contributed by atoms with van der Waals surface area (Å²) < 4.78 is 2.04. The Hall–Kier alpha value is -0.200. The van der Waals surface area contributed by atoms with Crippen LogP contribution in [0.25, 0.3) is 0 Å². The van der Waals surface area contributed by atoms with Crippen LogP contribution < -0.4 is 0 Å². The Kier molecular flexibility index (Phi) is 4.16. The number of hydrogen-bond acceptors (Lipinski definition) is 2. The molecule has 1 nitrogen and oxygen atoms in total. The third-order valence-electron chi connectivity index (χ3n) is 2.19. The van der Waals surface area contributed by atoms with Crippen LogP contribution in [0.15, 0.2) is 40.2 Å². The van der Waals surface area contributed by atoms with Gasteiger partial charge in [-0.3, -0.25) is 4.79 Å². The summed E-state index contributed by atoms with van der Waals surface area (Å²) in [6.45, 7) is 0. The number of Topliss-reactive ketones (excluding diaryl/α,β-unsaturated/α-hetero) is 1. The van der Waals surface area contributed by atoms with Crippen LogP contribution in [-0.2, 0) is 6.42 Å². The van der Waals surface area contributed by atoms with E-state index in [0.717, 1.165) is 18.5 Å². The van der Waals surface area contributed by atoms with Crippen molar-refractivity contribution in [1.29, 1.82) is 0 Å². The largest absolute Gasteiger partial charge is 0.294 e. The highest BCUT2D eigenvalue weighted by Crippen LogP contribution is 2.25. The highest BCUT2D eigenvalue weighted by molar-refractivity contribution is 14.1. The van der Waals surface area contributed by atoms with Crippen molar-refractivity contribution in [3.63, 3.8) is 0 Å². The van der Waals surface area contributed by atoms with Gasteiger partial charge in [0.2, 0.25) is 0 Å². The summed E-state index contributed by atoms with van der Waals surface area (Å²) >= 11 is 7.25. The molecule has 0 radical (unpaired) electrons. The Balaban J connectivity index is 2.22. The molecular weight excluding hydrogens is 399 g/mol. The lowest BCUT2D eigenvalue weighted by Crippen LogP contribution is -2.04. The molecule has 0 spiro atoms. The van der Waals surface area contributed by atoms with Gasteiger partial charge in [0.15, 0.2) is 5.78 Å². The molecule has 1 aromatic carbocycles. The van der Waals surface area contributed by atoms with Crippen LogP contribution in [0.5, 0.6) is 0 Å². The average Bonchev–Trinajstić information content (AvgIpc) is 2.65. The minimum Gasteiger partial charge on any atom is -0.294 e. The van der Waals surface area contributed by atoms with Crippen molar-refractivity contribution in [1.82, 2.24) is 0 Å². The van der Waals surface area contributed by atoms with Crippen molar-refractivity contribution >= 4 is 55.6 Å². The fraction of sp³-hybridized carbons (Fsp3) is 0.0833. The van der Waals surface area contributed by atoms with Crippen molar-refractivity contribution in [3.8, 4) is 0 Å². The number of hydrogen-bond donors (Lipinski definition) is 0. The fourth-order valence-corrected chi connectivity index (χ4v) is 3.56. The van der Waals surface area contributed by atoms with E-state index in [-0.39, 0.29) is 5.78 Å². The minimum absolute atomic E-state index is 0.174. The van der Waals surface area contributed by atoms with Gasteiger partial charge in [-0.15, -0.1) is 11.3 Å². The number of thiophene rings is 1. The fourth-order valence-electron chi connectivity index (χ4n) is 1.38. The Morgan fingerprint density at radius 2 is 2.06 bits per heavy atom. The molecular formula is C12H8BrIOS. The molecule has 0 unspecified atom stereocenters. The van der Waals surface area contributed by atoms with Gasteiger partial charge in [-0.2, -0.15) is 0 Å². The van der Waals surface area contributed by atoms with E-state index in [4.69, 9.17) is 0 Å². The standard InChI is InChI=1S/C12H8BrIOS/c13-9-5-6-16-12(9)7-11(15)8-3-1-2-4-10(8)14/h1-6H,7H2. The van der Waals surface area contributed by atoms with Crippen LogP contribution >= 0.6 is 49.9 Å². The van der Waals surface area contributed by atoms with Gasteiger partial charge in [0.05, 0.1) is 0 Å². The van der Waals surface area contributed by atoms with Crippen molar-refractivity contribution in [2.45, 2.75) is 6.42 Å². The lowest BCUT2D eigenvalue weighted by Gasteiger charge is -2.02. The molecule has 0 bridgehead atoms. The van der Waals surface area contributed by atoms with Crippen LogP contribution in [0.4, 0.5) is 0 Å². The van der Waals surface area contributed by atoms with Gasteiger partial charge in [0.25, 0.3) is 0 Å². The first-order chi connectivity index (χ1) is 7.68. The smallest absolute Gasteiger partial charge is 0.169 e. The lowest BCUT2D eigenvalue weighted by atomic mass is 10.1. The molecule has 0 saturated heterocycles. The van der Waals surface area contributed by atoms with Gasteiger partial charge in [0, 0.05) is 24.9 Å². The molecule has 0 amide bonds. The summed E-state index contributed by atoms with van der Waals surface area (Å²) in [7, 11) is 0. The predicted molar refractivity (Wildman–Crippen MR) is 79.2 cm³/mol. The predicted octanol–water partition coefficient (Wildman–Crippen LogP) is 4.54. The van der Waals surface area contributed by atoms with Crippen molar-refractivity contribution in [2.24, 2.45) is 0 Å². The van der Waals surface area contributed by atoms with Crippen molar-refractivity contribution in [2.75, 3.05) is 0 Å². The molecule has 2 rings (SSSR count). The second kappa shape index (κ2) is 5.42. The number of carbonyl (C=O) groups excluding carboxylic acids is 1. The first-order valence-corrected chi connectivity index (χ1v) is 7.43. The zero-order chi connectivity index (χ0) is 11.5. The lowest BCUT2D eigenvalue weighted by molar-refractivity contribution is 0.0993. The Labute approximate surface area is 120 Å². The molecule has 0 aliphatic rings. The Morgan fingerprint density at radius 1 is 1.31 bits per heavy atom. The zero-order valence-electron chi connectivity index (χ0n) is 8.24. The van der Waals surface area contributed by atoms with Gasteiger partial charge >= 0.3 is 0 Å². The van der Waals surface area contributed by atoms with E-state index in [2.05, 4.69) is 38.5 Å². The van der Waals surface area contributed by atoms with E-state index in [0.29, 0.717) is 6.42 Å². The van der Waals surface area contributed by atoms with Gasteiger partial charge in [-0.1, -0.05) is 18.2 Å². The maximum absolute atomic E-state index is 12.1.